The van der Waals surface area contributed by atoms with Gasteiger partial charge in [-0.05, 0) is 17.9 Å². The van der Waals surface area contributed by atoms with Crippen molar-refractivity contribution in [1.29, 1.82) is 0 Å². The molecule has 41 heavy (non-hydrogen) atoms. The number of rotatable bonds is 15. The summed E-state index contributed by atoms with van der Waals surface area (Å²) in [6.07, 6.45) is 3.15. The third-order valence-corrected chi connectivity index (χ3v) is 6.31. The van der Waals surface area contributed by atoms with Gasteiger partial charge in [0.25, 0.3) is 17.7 Å². The first kappa shape index (κ1) is 33.5. The second-order valence-corrected chi connectivity index (χ2v) is 11.3. The Balaban J connectivity index is 1.98. The number of nitrogens with zero attached hydrogens (tertiary/aromatic N) is 3. The van der Waals surface area contributed by atoms with Crippen LogP contribution in [-0.2, 0) is 33.6 Å². The van der Waals surface area contributed by atoms with Crippen LogP contribution in [0.5, 0.6) is 0 Å². The zero-order chi connectivity index (χ0) is 30.8. The molecule has 1 unspecified atom stereocenters. The molecule has 2 rings (SSSR count). The predicted molar refractivity (Wildman–Crippen MR) is 142 cm³/mol. The van der Waals surface area contributed by atoms with Crippen molar-refractivity contribution in [3.8, 4) is 0 Å². The summed E-state index contributed by atoms with van der Waals surface area (Å²) in [6.45, 7) is 7.89. The largest absolute Gasteiger partial charge is 0.380 e. The van der Waals surface area contributed by atoms with Crippen molar-refractivity contribution in [1.82, 2.24) is 25.6 Å². The molecule has 2 heterocycles. The second kappa shape index (κ2) is 14.8. The molecule has 15 nitrogen and oxygen atoms in total. The number of carbonyl (C=O) groups is 6. The molecule has 0 aliphatic carbocycles. The Hall–Kier alpha value is -3.66. The molecular formula is C26H39N5O10. The van der Waals surface area contributed by atoms with Gasteiger partial charge in [-0.3, -0.25) is 39.6 Å². The Kier molecular flexibility index (Phi) is 12.1. The van der Waals surface area contributed by atoms with Crippen LogP contribution in [0.4, 0.5) is 4.79 Å². The van der Waals surface area contributed by atoms with Crippen LogP contribution < -0.4 is 10.7 Å². The first-order valence-corrected chi connectivity index (χ1v) is 13.1. The molecule has 0 saturated heterocycles. The number of urea groups is 1. The lowest BCUT2D eigenvalue weighted by Gasteiger charge is -2.30. The fraction of sp³-hybridized carbons (Fsp3) is 0.615. The van der Waals surface area contributed by atoms with E-state index in [-0.39, 0.29) is 44.7 Å². The van der Waals surface area contributed by atoms with Crippen LogP contribution in [0.2, 0.25) is 0 Å². The maximum absolute atomic E-state index is 13.0. The Morgan fingerprint density at radius 1 is 0.951 bits per heavy atom. The summed E-state index contributed by atoms with van der Waals surface area (Å²) in [5, 5.41) is 21.4. The highest BCUT2D eigenvalue weighted by Gasteiger charge is 2.31. The van der Waals surface area contributed by atoms with Crippen molar-refractivity contribution in [3.63, 3.8) is 0 Å². The molecule has 0 aromatic carbocycles. The van der Waals surface area contributed by atoms with Gasteiger partial charge in [0.2, 0.25) is 11.8 Å². The molecule has 2 aliphatic rings. The van der Waals surface area contributed by atoms with E-state index in [1.807, 2.05) is 27.7 Å². The van der Waals surface area contributed by atoms with Gasteiger partial charge in [0, 0.05) is 56.1 Å². The van der Waals surface area contributed by atoms with Crippen molar-refractivity contribution in [2.45, 2.75) is 53.2 Å². The fourth-order valence-corrected chi connectivity index (χ4v) is 3.78. The number of hydrogen-bond acceptors (Lipinski definition) is 10. The smallest absolute Gasteiger partial charge is 0.343 e. The van der Waals surface area contributed by atoms with Crippen molar-refractivity contribution < 1.29 is 48.8 Å². The average molecular weight is 582 g/mol. The monoisotopic (exact) mass is 581 g/mol. The van der Waals surface area contributed by atoms with Gasteiger partial charge in [-0.2, -0.15) is 5.01 Å². The van der Waals surface area contributed by atoms with Crippen LogP contribution in [0.1, 0.15) is 47.0 Å². The van der Waals surface area contributed by atoms with Crippen LogP contribution in [0.25, 0.3) is 0 Å². The number of aliphatic hydroxyl groups is 1. The van der Waals surface area contributed by atoms with Gasteiger partial charge in [-0.1, -0.05) is 27.7 Å². The van der Waals surface area contributed by atoms with Gasteiger partial charge in [-0.25, -0.2) is 9.68 Å². The SMILES string of the molecule is CC(C)(CCOO)COCC(C)(C)CNC(=O)N(NC(=O)CCN1C(=O)C=CC1O)C(=O)CCN1C(=O)C=CC1=O. The number of hydrogen-bond donors (Lipinski definition) is 4. The molecular weight excluding hydrogens is 542 g/mol. The number of aliphatic hydroxyl groups excluding tert-OH is 1. The maximum atomic E-state index is 13.0. The number of nitrogens with one attached hydrogen (secondary N) is 2. The zero-order valence-electron chi connectivity index (χ0n) is 23.8. The summed E-state index contributed by atoms with van der Waals surface area (Å²) in [6, 6.07) is -0.951. The highest BCUT2D eigenvalue weighted by atomic mass is 17.1. The minimum atomic E-state index is -1.18. The van der Waals surface area contributed by atoms with E-state index >= 15 is 0 Å². The summed E-state index contributed by atoms with van der Waals surface area (Å²) < 4.78 is 5.81. The molecule has 0 fully saturated rings. The molecule has 0 radical (unpaired) electrons. The van der Waals surface area contributed by atoms with Crippen LogP contribution in [0.15, 0.2) is 24.3 Å². The fourth-order valence-electron chi connectivity index (χ4n) is 3.78. The van der Waals surface area contributed by atoms with E-state index in [9.17, 15) is 33.9 Å². The number of amides is 7. The molecule has 4 N–H and O–H groups in total. The molecule has 0 spiro atoms. The lowest BCUT2D eigenvalue weighted by Crippen LogP contribution is -2.56. The van der Waals surface area contributed by atoms with E-state index in [4.69, 9.17) is 9.99 Å². The number of imide groups is 2. The van der Waals surface area contributed by atoms with Gasteiger partial charge in [-0.15, -0.1) is 0 Å². The van der Waals surface area contributed by atoms with E-state index in [2.05, 4.69) is 15.6 Å². The number of carbonyl (C=O) groups excluding carboxylic acids is 6. The van der Waals surface area contributed by atoms with Crippen molar-refractivity contribution in [2.75, 3.05) is 39.5 Å². The van der Waals surface area contributed by atoms with Gasteiger partial charge in [0.15, 0.2) is 0 Å². The summed E-state index contributed by atoms with van der Waals surface area (Å²) in [7, 11) is 0. The Morgan fingerprint density at radius 3 is 2.17 bits per heavy atom. The van der Waals surface area contributed by atoms with Gasteiger partial charge in [0.05, 0.1) is 19.8 Å². The molecule has 0 aromatic rings. The lowest BCUT2D eigenvalue weighted by atomic mass is 9.90. The Bertz CT molecular complexity index is 1050. The highest BCUT2D eigenvalue weighted by molar-refractivity contribution is 6.13. The van der Waals surface area contributed by atoms with E-state index < -0.39 is 53.6 Å². The zero-order valence-corrected chi connectivity index (χ0v) is 23.8. The van der Waals surface area contributed by atoms with Gasteiger partial charge in [0.1, 0.15) is 6.23 Å². The molecule has 0 saturated carbocycles. The molecule has 0 aromatic heterocycles. The standard InChI is InChI=1S/C26H39N5O10/c1-25(2,11-14-41-39)16-40-17-26(3,4)15-27-24(38)31(23(37)10-13-30-21(35)7-8-22(30)36)28-18(32)9-12-29-19(33)5-6-20(29)34/h5-8,19,33,39H,9-17H2,1-4H3,(H,27,38)(H,28,32). The van der Waals surface area contributed by atoms with Crippen molar-refractivity contribution in [2.24, 2.45) is 10.8 Å². The van der Waals surface area contributed by atoms with Crippen molar-refractivity contribution in [3.05, 3.63) is 24.3 Å². The van der Waals surface area contributed by atoms with Crippen LogP contribution in [-0.4, -0.2) is 106 Å². The predicted octanol–water partition coefficient (Wildman–Crippen LogP) is -0.0735. The third kappa shape index (κ3) is 10.7. The van der Waals surface area contributed by atoms with Gasteiger partial charge < -0.3 is 20.1 Å². The normalized spacial score (nSPS) is 17.0. The van der Waals surface area contributed by atoms with Gasteiger partial charge >= 0.3 is 6.03 Å². The minimum absolute atomic E-state index is 0.0544. The highest BCUT2D eigenvalue weighted by Crippen LogP contribution is 2.23. The second-order valence-electron chi connectivity index (χ2n) is 11.3. The van der Waals surface area contributed by atoms with Crippen LogP contribution >= 0.6 is 0 Å². The van der Waals surface area contributed by atoms with E-state index in [0.29, 0.717) is 18.0 Å². The topological polar surface area (TPSA) is 195 Å². The Labute approximate surface area is 238 Å². The number of hydrazine groups is 1. The quantitative estimate of drug-likeness (QED) is 0.115. The summed E-state index contributed by atoms with van der Waals surface area (Å²) in [5.74, 6) is -3.35. The summed E-state index contributed by atoms with van der Waals surface area (Å²) in [5.41, 5.74) is 1.36. The first-order valence-electron chi connectivity index (χ1n) is 13.1. The summed E-state index contributed by atoms with van der Waals surface area (Å²) >= 11 is 0. The van der Waals surface area contributed by atoms with E-state index in [0.717, 1.165) is 28.0 Å². The molecule has 7 amide bonds. The Morgan fingerprint density at radius 2 is 1.59 bits per heavy atom. The van der Waals surface area contributed by atoms with Crippen LogP contribution in [0, 0.1) is 10.8 Å². The molecule has 1 atom stereocenters. The molecule has 228 valence electrons. The van der Waals surface area contributed by atoms with Crippen molar-refractivity contribution >= 4 is 35.6 Å². The van der Waals surface area contributed by atoms with Crippen LogP contribution in [0.3, 0.4) is 0 Å². The average Bonchev–Trinajstić information content (AvgIpc) is 3.40. The third-order valence-electron chi connectivity index (χ3n) is 6.31. The maximum Gasteiger partial charge on any atom is 0.343 e. The molecule has 0 bridgehead atoms. The van der Waals surface area contributed by atoms with E-state index in [1.54, 1.807) is 0 Å². The molecule has 15 heteroatoms. The minimum Gasteiger partial charge on any atom is -0.380 e. The van der Waals surface area contributed by atoms with E-state index in [1.165, 1.54) is 6.08 Å². The first-order chi connectivity index (χ1) is 19.2. The lowest BCUT2D eigenvalue weighted by molar-refractivity contribution is -0.247. The molecule has 2 aliphatic heterocycles. The number of ether oxygens (including phenoxy) is 1. The summed E-state index contributed by atoms with van der Waals surface area (Å²) in [4.78, 5) is 80.0.